The first-order valence-corrected chi connectivity index (χ1v) is 7.63. The van der Waals surface area contributed by atoms with E-state index in [9.17, 15) is 4.79 Å². The lowest BCUT2D eigenvalue weighted by Crippen LogP contribution is -2.50. The third kappa shape index (κ3) is 3.60. The lowest BCUT2D eigenvalue weighted by atomic mass is 9.82. The standard InChI is InChI=1S/C17H26N2O/c1-13-7-6-8-14(11-13)12-19-16(20)17(2,18)15-9-4-3-5-10-15/h3-5,9-10,13-14H,6-8,11-12,18H2,1-2H3,(H,19,20). The summed E-state index contributed by atoms with van der Waals surface area (Å²) in [5.41, 5.74) is 6.11. The van der Waals surface area contributed by atoms with Gasteiger partial charge in [-0.3, -0.25) is 4.79 Å². The minimum atomic E-state index is -0.957. The molecule has 110 valence electrons. The van der Waals surface area contributed by atoms with Crippen molar-refractivity contribution in [2.45, 2.75) is 45.1 Å². The van der Waals surface area contributed by atoms with Gasteiger partial charge in [-0.2, -0.15) is 0 Å². The lowest BCUT2D eigenvalue weighted by molar-refractivity contribution is -0.126. The van der Waals surface area contributed by atoms with Crippen LogP contribution in [-0.4, -0.2) is 12.5 Å². The van der Waals surface area contributed by atoms with Crippen LogP contribution in [0.3, 0.4) is 0 Å². The van der Waals surface area contributed by atoms with Crippen LogP contribution in [0.1, 0.15) is 45.1 Å². The molecule has 3 nitrogen and oxygen atoms in total. The van der Waals surface area contributed by atoms with Crippen LogP contribution in [0, 0.1) is 11.8 Å². The summed E-state index contributed by atoms with van der Waals surface area (Å²) in [6.45, 7) is 4.83. The fourth-order valence-electron chi connectivity index (χ4n) is 3.08. The van der Waals surface area contributed by atoms with Gasteiger partial charge in [0.05, 0.1) is 0 Å². The highest BCUT2D eigenvalue weighted by Crippen LogP contribution is 2.28. The van der Waals surface area contributed by atoms with E-state index in [4.69, 9.17) is 5.73 Å². The van der Waals surface area contributed by atoms with Crippen LogP contribution in [0.15, 0.2) is 30.3 Å². The van der Waals surface area contributed by atoms with E-state index >= 15 is 0 Å². The van der Waals surface area contributed by atoms with Crippen molar-refractivity contribution in [3.8, 4) is 0 Å². The van der Waals surface area contributed by atoms with Gasteiger partial charge in [0.1, 0.15) is 5.54 Å². The van der Waals surface area contributed by atoms with Crippen LogP contribution in [0.2, 0.25) is 0 Å². The molecule has 0 heterocycles. The zero-order valence-corrected chi connectivity index (χ0v) is 12.6. The fraction of sp³-hybridized carbons (Fsp3) is 0.588. The average molecular weight is 274 g/mol. The Morgan fingerprint density at radius 2 is 2.05 bits per heavy atom. The van der Waals surface area contributed by atoms with E-state index in [1.807, 2.05) is 30.3 Å². The normalized spacial score (nSPS) is 25.8. The van der Waals surface area contributed by atoms with E-state index in [2.05, 4.69) is 12.2 Å². The first kappa shape index (κ1) is 15.0. The third-order valence-electron chi connectivity index (χ3n) is 4.44. The van der Waals surface area contributed by atoms with E-state index in [0.717, 1.165) is 18.0 Å². The number of hydrogen-bond acceptors (Lipinski definition) is 2. The van der Waals surface area contributed by atoms with Gasteiger partial charge in [0, 0.05) is 6.54 Å². The minimum Gasteiger partial charge on any atom is -0.354 e. The summed E-state index contributed by atoms with van der Waals surface area (Å²) < 4.78 is 0. The Morgan fingerprint density at radius 1 is 1.35 bits per heavy atom. The van der Waals surface area contributed by atoms with E-state index in [-0.39, 0.29) is 5.91 Å². The fourth-order valence-corrected chi connectivity index (χ4v) is 3.08. The van der Waals surface area contributed by atoms with E-state index in [1.54, 1.807) is 6.92 Å². The van der Waals surface area contributed by atoms with Gasteiger partial charge in [-0.1, -0.05) is 50.1 Å². The molecule has 1 fully saturated rings. The molecule has 2 rings (SSSR count). The number of nitrogens with two attached hydrogens (primary N) is 1. The molecule has 1 saturated carbocycles. The molecule has 3 atom stereocenters. The summed E-state index contributed by atoms with van der Waals surface area (Å²) in [6.07, 6.45) is 5.04. The van der Waals surface area contributed by atoms with Crippen LogP contribution in [-0.2, 0) is 10.3 Å². The highest BCUT2D eigenvalue weighted by Gasteiger charge is 2.30. The molecule has 0 bridgehead atoms. The molecule has 3 N–H and O–H groups in total. The van der Waals surface area contributed by atoms with Gasteiger partial charge in [-0.15, -0.1) is 0 Å². The zero-order chi connectivity index (χ0) is 14.6. The van der Waals surface area contributed by atoms with E-state index < -0.39 is 5.54 Å². The summed E-state index contributed by atoms with van der Waals surface area (Å²) >= 11 is 0. The molecule has 0 aromatic heterocycles. The quantitative estimate of drug-likeness (QED) is 0.887. The van der Waals surface area contributed by atoms with Crippen LogP contribution in [0.25, 0.3) is 0 Å². The topological polar surface area (TPSA) is 55.1 Å². The SMILES string of the molecule is CC1CCCC(CNC(=O)C(C)(N)c2ccccc2)C1. The number of amides is 1. The van der Waals surface area contributed by atoms with Gasteiger partial charge >= 0.3 is 0 Å². The van der Waals surface area contributed by atoms with Gasteiger partial charge < -0.3 is 11.1 Å². The molecule has 1 aliphatic rings. The second-order valence-corrected chi connectivity index (χ2v) is 6.42. The smallest absolute Gasteiger partial charge is 0.244 e. The van der Waals surface area contributed by atoms with Crippen molar-refractivity contribution in [1.82, 2.24) is 5.32 Å². The van der Waals surface area contributed by atoms with Crippen molar-refractivity contribution in [1.29, 1.82) is 0 Å². The van der Waals surface area contributed by atoms with E-state index in [0.29, 0.717) is 5.92 Å². The number of carbonyl (C=O) groups is 1. The van der Waals surface area contributed by atoms with Crippen LogP contribution in [0.5, 0.6) is 0 Å². The molecule has 20 heavy (non-hydrogen) atoms. The number of rotatable bonds is 4. The summed E-state index contributed by atoms with van der Waals surface area (Å²) in [4.78, 5) is 12.4. The predicted octanol–water partition coefficient (Wildman–Crippen LogP) is 2.80. The minimum absolute atomic E-state index is 0.0815. The maximum atomic E-state index is 12.4. The van der Waals surface area contributed by atoms with Gasteiger partial charge in [0.15, 0.2) is 0 Å². The summed E-state index contributed by atoms with van der Waals surface area (Å²) in [6, 6.07) is 9.57. The summed E-state index contributed by atoms with van der Waals surface area (Å²) in [5, 5.41) is 3.05. The molecule has 0 saturated heterocycles. The molecule has 3 unspecified atom stereocenters. The lowest BCUT2D eigenvalue weighted by Gasteiger charge is -2.29. The Kier molecular flexibility index (Phi) is 4.81. The Labute approximate surface area is 121 Å². The molecule has 0 aliphatic heterocycles. The molecule has 0 radical (unpaired) electrons. The van der Waals surface area contributed by atoms with Crippen molar-refractivity contribution in [2.75, 3.05) is 6.54 Å². The Balaban J connectivity index is 1.91. The number of nitrogens with one attached hydrogen (secondary N) is 1. The number of benzene rings is 1. The molecule has 3 heteroatoms. The Bertz CT molecular complexity index is 442. The van der Waals surface area contributed by atoms with Gasteiger partial charge in [-0.05, 0) is 37.2 Å². The molecular weight excluding hydrogens is 248 g/mol. The van der Waals surface area contributed by atoms with Crippen LogP contribution < -0.4 is 11.1 Å². The first-order chi connectivity index (χ1) is 9.50. The van der Waals surface area contributed by atoms with Crippen molar-refractivity contribution in [2.24, 2.45) is 17.6 Å². The highest BCUT2D eigenvalue weighted by atomic mass is 16.2. The molecule has 1 aromatic rings. The van der Waals surface area contributed by atoms with Crippen LogP contribution >= 0.6 is 0 Å². The largest absolute Gasteiger partial charge is 0.354 e. The first-order valence-electron chi connectivity index (χ1n) is 7.63. The summed E-state index contributed by atoms with van der Waals surface area (Å²) in [7, 11) is 0. The van der Waals surface area contributed by atoms with Crippen molar-refractivity contribution < 1.29 is 4.79 Å². The van der Waals surface area contributed by atoms with Crippen molar-refractivity contribution >= 4 is 5.91 Å². The molecule has 1 aromatic carbocycles. The second-order valence-electron chi connectivity index (χ2n) is 6.42. The maximum absolute atomic E-state index is 12.4. The van der Waals surface area contributed by atoms with Gasteiger partial charge in [0.25, 0.3) is 0 Å². The predicted molar refractivity (Wildman–Crippen MR) is 82.1 cm³/mol. The molecular formula is C17H26N2O. The maximum Gasteiger partial charge on any atom is 0.244 e. The zero-order valence-electron chi connectivity index (χ0n) is 12.6. The second kappa shape index (κ2) is 6.40. The number of carbonyl (C=O) groups excluding carboxylic acids is 1. The van der Waals surface area contributed by atoms with Gasteiger partial charge in [-0.25, -0.2) is 0 Å². The van der Waals surface area contributed by atoms with Crippen LogP contribution in [0.4, 0.5) is 0 Å². The molecule has 1 aliphatic carbocycles. The summed E-state index contributed by atoms with van der Waals surface area (Å²) in [5.74, 6) is 1.31. The molecule has 0 spiro atoms. The number of hydrogen-bond donors (Lipinski definition) is 2. The average Bonchev–Trinajstić information content (AvgIpc) is 2.45. The monoisotopic (exact) mass is 274 g/mol. The Morgan fingerprint density at radius 3 is 2.70 bits per heavy atom. The van der Waals surface area contributed by atoms with Gasteiger partial charge in [0.2, 0.25) is 5.91 Å². The third-order valence-corrected chi connectivity index (χ3v) is 4.44. The Hall–Kier alpha value is -1.35. The van der Waals surface area contributed by atoms with Crippen molar-refractivity contribution in [3.05, 3.63) is 35.9 Å². The molecule has 1 amide bonds. The highest BCUT2D eigenvalue weighted by molar-refractivity contribution is 5.86. The van der Waals surface area contributed by atoms with Crippen molar-refractivity contribution in [3.63, 3.8) is 0 Å². The van der Waals surface area contributed by atoms with E-state index in [1.165, 1.54) is 25.7 Å².